The predicted molar refractivity (Wildman–Crippen MR) is 70.1 cm³/mol. The Morgan fingerprint density at radius 1 is 1.47 bits per heavy atom. The summed E-state index contributed by atoms with van der Waals surface area (Å²) >= 11 is 9.50. The van der Waals surface area contributed by atoms with Crippen LogP contribution in [0.2, 0.25) is 5.02 Å². The maximum Gasteiger partial charge on any atom is 0.0410 e. The van der Waals surface area contributed by atoms with E-state index >= 15 is 0 Å². The van der Waals surface area contributed by atoms with E-state index in [4.69, 9.17) is 11.6 Å². The van der Waals surface area contributed by atoms with Crippen LogP contribution in [0.25, 0.3) is 0 Å². The molecule has 1 nitrogen and oxygen atoms in total. The lowest BCUT2D eigenvalue weighted by molar-refractivity contribution is 0.401. The third kappa shape index (κ3) is 2.31. The van der Waals surface area contributed by atoms with Crippen LogP contribution in [0, 0.1) is 0 Å². The van der Waals surface area contributed by atoms with Crippen molar-refractivity contribution in [1.29, 1.82) is 0 Å². The molecule has 15 heavy (non-hydrogen) atoms. The van der Waals surface area contributed by atoms with Crippen LogP contribution in [-0.2, 0) is 5.33 Å². The smallest absolute Gasteiger partial charge is 0.0410 e. The molecule has 0 saturated heterocycles. The molecule has 0 unspecified atom stereocenters. The molecule has 1 saturated carbocycles. The average Bonchev–Trinajstić information content (AvgIpc) is 2.14. The predicted octanol–water partition coefficient (Wildman–Crippen LogP) is 4.22. The van der Waals surface area contributed by atoms with Crippen molar-refractivity contribution in [3.8, 4) is 0 Å². The first kappa shape index (κ1) is 11.3. The highest BCUT2D eigenvalue weighted by Gasteiger charge is 2.23. The van der Waals surface area contributed by atoms with Crippen molar-refractivity contribution < 1.29 is 0 Å². The van der Waals surface area contributed by atoms with Crippen molar-refractivity contribution in [3.63, 3.8) is 0 Å². The first-order chi connectivity index (χ1) is 7.22. The summed E-state index contributed by atoms with van der Waals surface area (Å²) in [6, 6.07) is 6.86. The molecule has 1 aliphatic carbocycles. The van der Waals surface area contributed by atoms with Crippen LogP contribution in [0.15, 0.2) is 18.2 Å². The molecule has 1 aliphatic rings. The van der Waals surface area contributed by atoms with Crippen molar-refractivity contribution in [2.24, 2.45) is 0 Å². The highest BCUT2D eigenvalue weighted by atomic mass is 79.9. The van der Waals surface area contributed by atoms with E-state index in [0.717, 1.165) is 16.4 Å². The fourth-order valence-electron chi connectivity index (χ4n) is 1.98. The average molecular weight is 289 g/mol. The van der Waals surface area contributed by atoms with Gasteiger partial charge in [-0.3, -0.25) is 0 Å². The van der Waals surface area contributed by atoms with Gasteiger partial charge < -0.3 is 4.90 Å². The van der Waals surface area contributed by atoms with E-state index in [0.29, 0.717) is 0 Å². The Hall–Kier alpha value is -0.210. The second-order valence-corrected chi connectivity index (χ2v) is 5.10. The molecule has 0 aliphatic heterocycles. The maximum absolute atomic E-state index is 5.99. The molecule has 0 amide bonds. The number of hydrogen-bond donors (Lipinski definition) is 0. The number of alkyl halides is 1. The Bertz CT molecular complexity index is 349. The Kier molecular flexibility index (Phi) is 3.57. The molecule has 1 aromatic carbocycles. The highest BCUT2D eigenvalue weighted by Crippen LogP contribution is 2.32. The van der Waals surface area contributed by atoms with E-state index in [1.54, 1.807) is 0 Å². The van der Waals surface area contributed by atoms with Gasteiger partial charge in [-0.05, 0) is 43.0 Å². The quantitative estimate of drug-likeness (QED) is 0.753. The fourth-order valence-corrected chi connectivity index (χ4v) is 2.62. The number of benzene rings is 1. The van der Waals surface area contributed by atoms with Gasteiger partial charge in [-0.1, -0.05) is 27.5 Å². The van der Waals surface area contributed by atoms with Crippen LogP contribution >= 0.6 is 27.5 Å². The standard InChI is InChI=1S/C12H15BrClN/c1-15(11-3-2-4-11)12-6-5-10(14)7-9(12)8-13/h5-7,11H,2-4,8H2,1H3. The molecule has 1 aromatic rings. The van der Waals surface area contributed by atoms with E-state index in [9.17, 15) is 0 Å². The zero-order chi connectivity index (χ0) is 10.8. The van der Waals surface area contributed by atoms with Crippen molar-refractivity contribution >= 4 is 33.2 Å². The van der Waals surface area contributed by atoms with Crippen molar-refractivity contribution in [2.45, 2.75) is 30.6 Å². The SMILES string of the molecule is CN(c1ccc(Cl)cc1CBr)C1CCC1. The zero-order valence-corrected chi connectivity index (χ0v) is 11.2. The van der Waals surface area contributed by atoms with Crippen LogP contribution < -0.4 is 4.90 Å². The van der Waals surface area contributed by atoms with Crippen LogP contribution in [0.5, 0.6) is 0 Å². The zero-order valence-electron chi connectivity index (χ0n) is 8.84. The molecule has 0 atom stereocenters. The lowest BCUT2D eigenvalue weighted by Gasteiger charge is -2.37. The molecule has 0 spiro atoms. The molecule has 3 heteroatoms. The molecular formula is C12H15BrClN. The van der Waals surface area contributed by atoms with Crippen LogP contribution in [0.3, 0.4) is 0 Å². The first-order valence-corrected chi connectivity index (χ1v) is 6.79. The van der Waals surface area contributed by atoms with Crippen molar-refractivity contribution in [3.05, 3.63) is 28.8 Å². The summed E-state index contributed by atoms with van der Waals surface area (Å²) in [5, 5.41) is 1.68. The van der Waals surface area contributed by atoms with E-state index in [2.05, 4.69) is 33.9 Å². The number of rotatable bonds is 3. The van der Waals surface area contributed by atoms with Gasteiger partial charge in [0.15, 0.2) is 0 Å². The van der Waals surface area contributed by atoms with Gasteiger partial charge in [0.25, 0.3) is 0 Å². The van der Waals surface area contributed by atoms with Gasteiger partial charge in [0.2, 0.25) is 0 Å². The summed E-state index contributed by atoms with van der Waals surface area (Å²) in [5.41, 5.74) is 2.58. The second-order valence-electron chi connectivity index (χ2n) is 4.10. The Balaban J connectivity index is 2.25. The van der Waals surface area contributed by atoms with Crippen LogP contribution in [-0.4, -0.2) is 13.1 Å². The topological polar surface area (TPSA) is 3.24 Å². The molecule has 0 N–H and O–H groups in total. The summed E-state index contributed by atoms with van der Waals surface area (Å²) in [6.07, 6.45) is 4.01. The van der Waals surface area contributed by atoms with Gasteiger partial charge in [0, 0.05) is 29.1 Å². The van der Waals surface area contributed by atoms with E-state index < -0.39 is 0 Å². The summed E-state index contributed by atoms with van der Waals surface area (Å²) in [7, 11) is 2.18. The number of nitrogens with zero attached hydrogens (tertiary/aromatic N) is 1. The van der Waals surface area contributed by atoms with Gasteiger partial charge in [0.1, 0.15) is 0 Å². The second kappa shape index (κ2) is 4.75. The van der Waals surface area contributed by atoms with Crippen molar-refractivity contribution in [2.75, 3.05) is 11.9 Å². The number of halogens is 2. The minimum Gasteiger partial charge on any atom is -0.371 e. The summed E-state index contributed by atoms with van der Waals surface area (Å²) in [6.45, 7) is 0. The number of hydrogen-bond acceptors (Lipinski definition) is 1. The third-order valence-corrected chi connectivity index (χ3v) is 4.03. The number of anilines is 1. The fraction of sp³-hybridized carbons (Fsp3) is 0.500. The first-order valence-electron chi connectivity index (χ1n) is 5.29. The highest BCUT2D eigenvalue weighted by molar-refractivity contribution is 9.08. The Morgan fingerprint density at radius 3 is 2.73 bits per heavy atom. The Labute approximate surface area is 105 Å². The summed E-state index contributed by atoms with van der Waals surface area (Å²) in [5.74, 6) is 0. The molecule has 0 heterocycles. The van der Waals surface area contributed by atoms with Gasteiger partial charge in [-0.2, -0.15) is 0 Å². The minimum absolute atomic E-state index is 0.726. The van der Waals surface area contributed by atoms with E-state index in [-0.39, 0.29) is 0 Å². The van der Waals surface area contributed by atoms with Gasteiger partial charge in [-0.25, -0.2) is 0 Å². The lowest BCUT2D eigenvalue weighted by Crippen LogP contribution is -2.37. The largest absolute Gasteiger partial charge is 0.371 e. The molecule has 2 rings (SSSR count). The normalized spacial score (nSPS) is 16.2. The van der Waals surface area contributed by atoms with Gasteiger partial charge in [-0.15, -0.1) is 0 Å². The van der Waals surface area contributed by atoms with E-state index in [1.807, 2.05) is 12.1 Å². The summed E-state index contributed by atoms with van der Waals surface area (Å²) < 4.78 is 0. The summed E-state index contributed by atoms with van der Waals surface area (Å²) in [4.78, 5) is 2.39. The molecule has 0 aromatic heterocycles. The molecular weight excluding hydrogens is 273 g/mol. The van der Waals surface area contributed by atoms with Crippen molar-refractivity contribution in [1.82, 2.24) is 0 Å². The molecule has 82 valence electrons. The Morgan fingerprint density at radius 2 is 2.20 bits per heavy atom. The van der Waals surface area contributed by atoms with Crippen LogP contribution in [0.1, 0.15) is 24.8 Å². The third-order valence-electron chi connectivity index (χ3n) is 3.19. The molecule has 1 fully saturated rings. The monoisotopic (exact) mass is 287 g/mol. The minimum atomic E-state index is 0.726. The lowest BCUT2D eigenvalue weighted by atomic mass is 9.91. The van der Waals surface area contributed by atoms with E-state index in [1.165, 1.54) is 30.5 Å². The maximum atomic E-state index is 5.99. The van der Waals surface area contributed by atoms with Gasteiger partial charge in [0.05, 0.1) is 0 Å². The van der Waals surface area contributed by atoms with Crippen LogP contribution in [0.4, 0.5) is 5.69 Å². The molecule has 0 bridgehead atoms. The molecule has 0 radical (unpaired) electrons. The van der Waals surface area contributed by atoms with Gasteiger partial charge >= 0.3 is 0 Å².